The molecule has 8 heteroatoms. The average Bonchev–Trinajstić information content (AvgIpc) is 3.27. The number of carbonyl (C=O) groups is 3. The van der Waals surface area contributed by atoms with Crippen LogP contribution in [-0.2, 0) is 24.3 Å². The van der Waals surface area contributed by atoms with Crippen molar-refractivity contribution in [1.29, 1.82) is 0 Å². The Morgan fingerprint density at radius 1 is 1.06 bits per heavy atom. The van der Waals surface area contributed by atoms with Gasteiger partial charge < -0.3 is 15.5 Å². The molecule has 3 amide bonds. The number of aryl methyl sites for hydroxylation is 1. The molecule has 0 bridgehead atoms. The van der Waals surface area contributed by atoms with Crippen LogP contribution in [0.4, 0.5) is 0 Å². The minimum Gasteiger partial charge on any atom is -0.350 e. The first-order valence-electron chi connectivity index (χ1n) is 11.3. The Morgan fingerprint density at radius 3 is 2.50 bits per heavy atom. The van der Waals surface area contributed by atoms with E-state index in [9.17, 15) is 14.4 Å². The highest BCUT2D eigenvalue weighted by Gasteiger charge is 2.46. The van der Waals surface area contributed by atoms with Gasteiger partial charge in [-0.3, -0.25) is 19.1 Å². The lowest BCUT2D eigenvalue weighted by molar-refractivity contribution is -0.132. The van der Waals surface area contributed by atoms with Crippen molar-refractivity contribution in [2.24, 2.45) is 0 Å². The van der Waals surface area contributed by atoms with Gasteiger partial charge in [-0.05, 0) is 37.0 Å². The molecule has 0 fully saturated rings. The zero-order chi connectivity index (χ0) is 24.3. The molecule has 176 valence electrons. The molecular formula is C26H29N5O3. The van der Waals surface area contributed by atoms with Crippen molar-refractivity contribution in [2.45, 2.75) is 38.9 Å². The Labute approximate surface area is 199 Å². The molecule has 2 aromatic carbocycles. The van der Waals surface area contributed by atoms with Gasteiger partial charge in [0, 0.05) is 26.2 Å². The minimum atomic E-state index is -1.14. The van der Waals surface area contributed by atoms with Gasteiger partial charge in [0.15, 0.2) is 5.69 Å². The first-order chi connectivity index (χ1) is 16.3. The molecule has 0 radical (unpaired) electrons. The van der Waals surface area contributed by atoms with E-state index in [1.54, 1.807) is 14.0 Å². The fourth-order valence-corrected chi connectivity index (χ4v) is 4.10. The number of aromatic nitrogens is 2. The highest BCUT2D eigenvalue weighted by molar-refractivity contribution is 6.01. The predicted molar refractivity (Wildman–Crippen MR) is 128 cm³/mol. The summed E-state index contributed by atoms with van der Waals surface area (Å²) in [6, 6.07) is 19.1. The molecule has 34 heavy (non-hydrogen) atoms. The van der Waals surface area contributed by atoms with E-state index in [1.807, 2.05) is 61.5 Å². The van der Waals surface area contributed by atoms with Crippen LogP contribution in [0.2, 0.25) is 0 Å². The van der Waals surface area contributed by atoms with Crippen molar-refractivity contribution < 1.29 is 14.4 Å². The summed E-state index contributed by atoms with van der Waals surface area (Å²) >= 11 is 0. The van der Waals surface area contributed by atoms with Gasteiger partial charge in [0.1, 0.15) is 11.2 Å². The molecule has 0 saturated carbocycles. The summed E-state index contributed by atoms with van der Waals surface area (Å²) in [6.45, 7) is 4.71. The molecule has 4 rings (SSSR count). The Bertz CT molecular complexity index is 1220. The van der Waals surface area contributed by atoms with Gasteiger partial charge in [-0.25, -0.2) is 0 Å². The molecule has 1 aliphatic rings. The number of nitrogens with one attached hydrogen (secondary N) is 2. The largest absolute Gasteiger partial charge is 0.350 e. The maximum Gasteiger partial charge on any atom is 0.272 e. The van der Waals surface area contributed by atoms with Gasteiger partial charge >= 0.3 is 0 Å². The molecule has 1 atom stereocenters. The highest BCUT2D eigenvalue weighted by Crippen LogP contribution is 2.26. The normalized spacial score (nSPS) is 17.3. The van der Waals surface area contributed by atoms with Gasteiger partial charge in [-0.15, -0.1) is 0 Å². The quantitative estimate of drug-likeness (QED) is 0.567. The summed E-state index contributed by atoms with van der Waals surface area (Å²) in [5.41, 5.74) is 2.63. The van der Waals surface area contributed by atoms with Crippen molar-refractivity contribution in [3.63, 3.8) is 0 Å². The van der Waals surface area contributed by atoms with Crippen LogP contribution in [0, 0.1) is 6.92 Å². The summed E-state index contributed by atoms with van der Waals surface area (Å²) in [5.74, 6) is -0.978. The van der Waals surface area contributed by atoms with Gasteiger partial charge in [-0.2, -0.15) is 5.10 Å². The van der Waals surface area contributed by atoms with E-state index in [2.05, 4.69) is 15.7 Å². The van der Waals surface area contributed by atoms with Gasteiger partial charge in [0.2, 0.25) is 5.91 Å². The SMILES string of the molecule is Cc1ccccc1CCNC(=O)c1cc2n(n1)C[C@](C)(C(=O)NCc1ccccc1)N(C)C2=O. The lowest BCUT2D eigenvalue weighted by atomic mass is 9.96. The Kier molecular flexibility index (Phi) is 6.49. The number of amides is 3. The van der Waals surface area contributed by atoms with Crippen LogP contribution < -0.4 is 10.6 Å². The van der Waals surface area contributed by atoms with E-state index < -0.39 is 5.54 Å². The number of fused-ring (bicyclic) bond motifs is 1. The van der Waals surface area contributed by atoms with Crippen molar-refractivity contribution >= 4 is 17.7 Å². The topological polar surface area (TPSA) is 96.3 Å². The van der Waals surface area contributed by atoms with Gasteiger partial charge in [0.05, 0.1) is 6.54 Å². The second kappa shape index (κ2) is 9.51. The third kappa shape index (κ3) is 4.57. The van der Waals surface area contributed by atoms with Crippen LogP contribution in [0.5, 0.6) is 0 Å². The van der Waals surface area contributed by atoms with Crippen molar-refractivity contribution in [3.05, 3.63) is 88.7 Å². The number of likely N-dealkylation sites (N-methyl/N-ethyl adjacent to an activating group) is 1. The van der Waals surface area contributed by atoms with Crippen molar-refractivity contribution in [3.8, 4) is 0 Å². The predicted octanol–water partition coefficient (Wildman–Crippen LogP) is 2.32. The third-order valence-corrected chi connectivity index (χ3v) is 6.46. The van der Waals surface area contributed by atoms with Crippen LogP contribution >= 0.6 is 0 Å². The standard InChI is InChI=1S/C26H29N5O3/c1-18-9-7-8-12-20(18)13-14-27-23(32)21-15-22-24(33)30(3)26(2,17-31(22)29-21)25(34)28-16-19-10-5-4-6-11-19/h4-12,15H,13-14,16-17H2,1-3H3,(H,27,32)(H,28,34)/t26-/m1/s1. The first kappa shape index (κ1) is 23.2. The maximum atomic E-state index is 13.1. The second-order valence-corrected chi connectivity index (χ2v) is 8.81. The first-order valence-corrected chi connectivity index (χ1v) is 11.3. The van der Waals surface area contributed by atoms with Crippen LogP contribution in [0.15, 0.2) is 60.7 Å². The number of hydrogen-bond acceptors (Lipinski definition) is 4. The molecule has 2 N–H and O–H groups in total. The number of carbonyl (C=O) groups excluding carboxylic acids is 3. The fourth-order valence-electron chi connectivity index (χ4n) is 4.10. The van der Waals surface area contributed by atoms with Gasteiger partial charge in [0.25, 0.3) is 11.8 Å². The second-order valence-electron chi connectivity index (χ2n) is 8.81. The zero-order valence-electron chi connectivity index (χ0n) is 19.7. The number of benzene rings is 2. The maximum absolute atomic E-state index is 13.1. The lowest BCUT2D eigenvalue weighted by Gasteiger charge is -2.40. The Morgan fingerprint density at radius 2 is 1.76 bits per heavy atom. The summed E-state index contributed by atoms with van der Waals surface area (Å²) in [5, 5.41) is 10.1. The van der Waals surface area contributed by atoms with Crippen molar-refractivity contribution in [2.75, 3.05) is 13.6 Å². The molecule has 0 spiro atoms. The summed E-state index contributed by atoms with van der Waals surface area (Å²) in [7, 11) is 1.60. The Balaban J connectivity index is 1.43. The van der Waals surface area contributed by atoms with E-state index >= 15 is 0 Å². The van der Waals surface area contributed by atoms with Crippen LogP contribution in [0.25, 0.3) is 0 Å². The van der Waals surface area contributed by atoms with Gasteiger partial charge in [-0.1, -0.05) is 54.6 Å². The van der Waals surface area contributed by atoms with E-state index in [0.717, 1.165) is 5.56 Å². The molecule has 8 nitrogen and oxygen atoms in total. The van der Waals surface area contributed by atoms with Crippen LogP contribution in [0.1, 0.15) is 44.6 Å². The zero-order valence-corrected chi connectivity index (χ0v) is 19.7. The molecule has 0 saturated heterocycles. The molecule has 1 aliphatic heterocycles. The fraction of sp³-hybridized carbons (Fsp3) is 0.308. The average molecular weight is 460 g/mol. The Hall–Kier alpha value is -3.94. The van der Waals surface area contributed by atoms with E-state index in [0.29, 0.717) is 25.2 Å². The van der Waals surface area contributed by atoms with E-state index in [1.165, 1.54) is 26.8 Å². The summed E-state index contributed by atoms with van der Waals surface area (Å²) in [6.07, 6.45) is 0.702. The highest BCUT2D eigenvalue weighted by atomic mass is 16.2. The summed E-state index contributed by atoms with van der Waals surface area (Å²) < 4.78 is 1.46. The smallest absolute Gasteiger partial charge is 0.272 e. The molecule has 0 aliphatic carbocycles. The lowest BCUT2D eigenvalue weighted by Crippen LogP contribution is -2.62. The molecule has 0 unspecified atom stereocenters. The molecule has 3 aromatic rings. The van der Waals surface area contributed by atoms with Crippen LogP contribution in [0.3, 0.4) is 0 Å². The number of nitrogens with zero attached hydrogens (tertiary/aromatic N) is 3. The monoisotopic (exact) mass is 459 g/mol. The van der Waals surface area contributed by atoms with Crippen molar-refractivity contribution in [1.82, 2.24) is 25.3 Å². The number of hydrogen-bond donors (Lipinski definition) is 2. The molecular weight excluding hydrogens is 430 g/mol. The minimum absolute atomic E-state index is 0.154. The summed E-state index contributed by atoms with van der Waals surface area (Å²) in [4.78, 5) is 40.2. The van der Waals surface area contributed by atoms with E-state index in [-0.39, 0.29) is 30.0 Å². The molecule has 1 aromatic heterocycles. The third-order valence-electron chi connectivity index (χ3n) is 6.46. The number of rotatable bonds is 7. The van der Waals surface area contributed by atoms with E-state index in [4.69, 9.17) is 0 Å². The van der Waals surface area contributed by atoms with Crippen LogP contribution in [-0.4, -0.2) is 51.5 Å². The molecule has 2 heterocycles.